The van der Waals surface area contributed by atoms with E-state index in [1.54, 1.807) is 24.3 Å². The molecule has 8 nitrogen and oxygen atoms in total. The van der Waals surface area contributed by atoms with Crippen LogP contribution in [0, 0.1) is 5.92 Å². The molecule has 152 valence electrons. The normalized spacial score (nSPS) is 21.3. The summed E-state index contributed by atoms with van der Waals surface area (Å²) >= 11 is 6.11. The van der Waals surface area contributed by atoms with Crippen LogP contribution in [-0.4, -0.2) is 34.9 Å². The zero-order valence-corrected chi connectivity index (χ0v) is 16.8. The number of aromatic amines is 1. The van der Waals surface area contributed by atoms with Crippen LogP contribution < -0.4 is 21.1 Å². The highest BCUT2D eigenvalue weighted by Gasteiger charge is 2.35. The van der Waals surface area contributed by atoms with Crippen LogP contribution in [0.15, 0.2) is 29.1 Å². The number of halogens is 1. The van der Waals surface area contributed by atoms with Crippen LogP contribution in [0.2, 0.25) is 5.02 Å². The van der Waals surface area contributed by atoms with Gasteiger partial charge in [-0.25, -0.2) is 0 Å². The summed E-state index contributed by atoms with van der Waals surface area (Å²) in [4.78, 5) is 47.3. The first-order valence-corrected chi connectivity index (χ1v) is 10.0. The van der Waals surface area contributed by atoms with Crippen molar-refractivity contribution in [2.24, 2.45) is 5.92 Å². The molecule has 2 amide bonds. The van der Waals surface area contributed by atoms with Gasteiger partial charge in [-0.05, 0) is 30.9 Å². The van der Waals surface area contributed by atoms with Gasteiger partial charge in [0.25, 0.3) is 5.56 Å². The number of benzene rings is 1. The van der Waals surface area contributed by atoms with E-state index in [4.69, 9.17) is 11.6 Å². The van der Waals surface area contributed by atoms with Crippen LogP contribution in [0.5, 0.6) is 0 Å². The Bertz CT molecular complexity index is 1020. The Balaban J connectivity index is 1.66. The molecule has 1 aromatic heterocycles. The van der Waals surface area contributed by atoms with E-state index in [0.717, 1.165) is 25.9 Å². The molecule has 1 saturated heterocycles. The summed E-state index contributed by atoms with van der Waals surface area (Å²) in [5.41, 5.74) is 0.181. The summed E-state index contributed by atoms with van der Waals surface area (Å²) in [6.07, 6.45) is 2.01. The van der Waals surface area contributed by atoms with Gasteiger partial charge in [0.2, 0.25) is 17.8 Å². The Morgan fingerprint density at radius 1 is 1.31 bits per heavy atom. The van der Waals surface area contributed by atoms with E-state index in [0.29, 0.717) is 22.6 Å². The van der Waals surface area contributed by atoms with E-state index in [2.05, 4.69) is 27.5 Å². The Morgan fingerprint density at radius 2 is 2.10 bits per heavy atom. The maximum atomic E-state index is 12.9. The van der Waals surface area contributed by atoms with Crippen LogP contribution in [0.3, 0.4) is 0 Å². The summed E-state index contributed by atoms with van der Waals surface area (Å²) in [6.45, 7) is 3.72. The monoisotopic (exact) mass is 415 g/mol. The average Bonchev–Trinajstić information content (AvgIpc) is 2.68. The van der Waals surface area contributed by atoms with Crippen LogP contribution in [0.4, 0.5) is 17.5 Å². The maximum absolute atomic E-state index is 12.9. The van der Waals surface area contributed by atoms with Gasteiger partial charge in [-0.1, -0.05) is 30.7 Å². The second-order valence-electron chi connectivity index (χ2n) is 7.62. The lowest BCUT2D eigenvalue weighted by atomic mass is 9.92. The number of fused-ring (bicyclic) bond motifs is 1. The quantitative estimate of drug-likeness (QED) is 0.714. The van der Waals surface area contributed by atoms with Crippen molar-refractivity contribution in [2.75, 3.05) is 28.6 Å². The van der Waals surface area contributed by atoms with E-state index >= 15 is 0 Å². The molecule has 0 saturated carbocycles. The van der Waals surface area contributed by atoms with Gasteiger partial charge in [0.1, 0.15) is 5.82 Å². The molecule has 0 unspecified atom stereocenters. The fourth-order valence-electron chi connectivity index (χ4n) is 3.90. The molecule has 1 fully saturated rings. The summed E-state index contributed by atoms with van der Waals surface area (Å²) in [6, 6.07) is 6.80. The highest BCUT2D eigenvalue weighted by atomic mass is 35.5. The number of nitrogens with one attached hydrogen (secondary N) is 3. The zero-order valence-electron chi connectivity index (χ0n) is 16.0. The molecular formula is C20H22ClN5O3. The van der Waals surface area contributed by atoms with Gasteiger partial charge in [-0.15, -0.1) is 0 Å². The molecule has 9 heteroatoms. The minimum atomic E-state index is -0.944. The number of carbonyl (C=O) groups is 2. The number of nitrogens with zero attached hydrogens (tertiary/aromatic N) is 2. The Hall–Kier alpha value is -2.87. The molecule has 0 spiro atoms. The molecule has 3 heterocycles. The van der Waals surface area contributed by atoms with Gasteiger partial charge in [0, 0.05) is 19.5 Å². The van der Waals surface area contributed by atoms with Crippen molar-refractivity contribution >= 4 is 40.9 Å². The summed E-state index contributed by atoms with van der Waals surface area (Å²) in [7, 11) is 0. The van der Waals surface area contributed by atoms with Gasteiger partial charge in [0.05, 0.1) is 22.2 Å². The number of anilines is 3. The smallest absolute Gasteiger partial charge is 0.258 e. The molecule has 29 heavy (non-hydrogen) atoms. The summed E-state index contributed by atoms with van der Waals surface area (Å²) in [5.74, 6) is -0.701. The number of carbonyl (C=O) groups excluding carboxylic acids is 2. The van der Waals surface area contributed by atoms with Crippen molar-refractivity contribution in [3.05, 3.63) is 45.2 Å². The Labute approximate surface area is 172 Å². The number of amides is 2. The molecule has 0 aliphatic carbocycles. The first-order valence-electron chi connectivity index (χ1n) is 9.66. The predicted molar refractivity (Wildman–Crippen MR) is 112 cm³/mol. The fourth-order valence-corrected chi connectivity index (χ4v) is 4.08. The van der Waals surface area contributed by atoms with Gasteiger partial charge in [0.15, 0.2) is 0 Å². The van der Waals surface area contributed by atoms with Gasteiger partial charge in [-0.2, -0.15) is 4.98 Å². The van der Waals surface area contributed by atoms with E-state index in [-0.39, 0.29) is 23.7 Å². The van der Waals surface area contributed by atoms with Crippen molar-refractivity contribution in [1.29, 1.82) is 0 Å². The average molecular weight is 416 g/mol. The molecular weight excluding hydrogens is 394 g/mol. The van der Waals surface area contributed by atoms with Crippen molar-refractivity contribution in [2.45, 2.75) is 32.1 Å². The van der Waals surface area contributed by atoms with Crippen LogP contribution in [0.1, 0.15) is 37.7 Å². The zero-order chi connectivity index (χ0) is 20.5. The molecule has 3 N–H and O–H groups in total. The van der Waals surface area contributed by atoms with Crippen molar-refractivity contribution in [3.8, 4) is 0 Å². The standard InChI is InChI=1S/C20H22ClN5O3/c1-11-5-4-8-26(10-11)20-24-17-16(19(29)25-20)12(9-15(27)23-17)18(28)22-14-7-3-2-6-13(14)21/h2-3,6-7,11-12H,4-5,8-10H2,1H3,(H,22,28)(H2,23,24,25,27,29)/t11-,12+/m1/s1. The lowest BCUT2D eigenvalue weighted by Gasteiger charge is -2.32. The topological polar surface area (TPSA) is 107 Å². The largest absolute Gasteiger partial charge is 0.342 e. The van der Waals surface area contributed by atoms with E-state index in [1.165, 1.54) is 0 Å². The first kappa shape index (κ1) is 19.4. The third kappa shape index (κ3) is 3.98. The SMILES string of the molecule is C[C@@H]1CCCN(c2nc3c(c(=O)[nH]2)[C@@H](C(=O)Nc2ccccc2Cl)CC(=O)N3)C1. The van der Waals surface area contributed by atoms with E-state index in [1.807, 2.05) is 4.90 Å². The number of hydrogen-bond donors (Lipinski definition) is 3. The minimum absolute atomic E-state index is 0.131. The fraction of sp³-hybridized carbons (Fsp3) is 0.400. The number of para-hydroxylation sites is 1. The third-order valence-corrected chi connectivity index (χ3v) is 5.67. The highest BCUT2D eigenvalue weighted by Crippen LogP contribution is 2.31. The number of H-pyrrole nitrogens is 1. The molecule has 2 aliphatic rings. The molecule has 1 aromatic carbocycles. The Morgan fingerprint density at radius 3 is 2.86 bits per heavy atom. The lowest BCUT2D eigenvalue weighted by Crippen LogP contribution is -2.40. The molecule has 0 radical (unpaired) electrons. The maximum Gasteiger partial charge on any atom is 0.258 e. The van der Waals surface area contributed by atoms with Crippen molar-refractivity contribution in [1.82, 2.24) is 9.97 Å². The highest BCUT2D eigenvalue weighted by molar-refractivity contribution is 6.33. The first-order chi connectivity index (χ1) is 13.9. The summed E-state index contributed by atoms with van der Waals surface area (Å²) in [5, 5.41) is 5.74. The number of piperidine rings is 1. The molecule has 2 aromatic rings. The molecule has 2 atom stereocenters. The summed E-state index contributed by atoms with van der Waals surface area (Å²) < 4.78 is 0. The molecule has 4 rings (SSSR count). The third-order valence-electron chi connectivity index (χ3n) is 5.34. The van der Waals surface area contributed by atoms with Crippen LogP contribution in [-0.2, 0) is 9.59 Å². The number of rotatable bonds is 3. The van der Waals surface area contributed by atoms with E-state index in [9.17, 15) is 14.4 Å². The van der Waals surface area contributed by atoms with Crippen molar-refractivity contribution < 1.29 is 9.59 Å². The molecule has 2 aliphatic heterocycles. The number of hydrogen-bond acceptors (Lipinski definition) is 5. The van der Waals surface area contributed by atoms with Crippen LogP contribution in [0.25, 0.3) is 0 Å². The second-order valence-corrected chi connectivity index (χ2v) is 8.03. The predicted octanol–water partition coefficient (Wildman–Crippen LogP) is 2.72. The lowest BCUT2D eigenvalue weighted by molar-refractivity contribution is -0.123. The van der Waals surface area contributed by atoms with Crippen LogP contribution >= 0.6 is 11.6 Å². The van der Waals surface area contributed by atoms with Gasteiger partial charge in [-0.3, -0.25) is 19.4 Å². The van der Waals surface area contributed by atoms with Gasteiger partial charge < -0.3 is 15.5 Å². The van der Waals surface area contributed by atoms with Gasteiger partial charge >= 0.3 is 0 Å². The van der Waals surface area contributed by atoms with Crippen molar-refractivity contribution in [3.63, 3.8) is 0 Å². The number of aromatic nitrogens is 2. The second kappa shape index (κ2) is 7.87. The minimum Gasteiger partial charge on any atom is -0.342 e. The Kier molecular flexibility index (Phi) is 5.27. The van der Waals surface area contributed by atoms with E-state index < -0.39 is 17.4 Å². The molecule has 0 bridgehead atoms.